The zero-order chi connectivity index (χ0) is 56.4. The molecule has 32 heteroatoms. The number of aliphatic hydroxyl groups is 5. The van der Waals surface area contributed by atoms with Crippen LogP contribution in [0.25, 0.3) is 0 Å². The van der Waals surface area contributed by atoms with Gasteiger partial charge in [-0.1, -0.05) is 0 Å². The van der Waals surface area contributed by atoms with Crippen LogP contribution in [0.2, 0.25) is 0 Å². The Morgan fingerprint density at radius 1 is 0.461 bits per heavy atom. The third-order valence-electron chi connectivity index (χ3n) is 9.74. The van der Waals surface area contributed by atoms with Crippen molar-refractivity contribution in [1.82, 2.24) is 42.1 Å². The van der Waals surface area contributed by atoms with Crippen molar-refractivity contribution < 1.29 is 116 Å². The van der Waals surface area contributed by atoms with Crippen LogP contribution in [0, 0.1) is 0 Å². The molecule has 1 rings (SSSR count). The molecule has 32 nitrogen and oxygen atoms in total. The van der Waals surface area contributed by atoms with Crippen molar-refractivity contribution in [1.29, 1.82) is 0 Å². The minimum Gasteiger partial charge on any atom is -0.481 e. The Bertz CT molecular complexity index is 1780. The standard InChI is InChI=1S/C44H74N8O24/c53-29-32(55)43(67)42(66)31(54)23-46-33(56)5-7-69-9-11-71-13-15-73-17-19-75-21-22-76-20-18-74-16-14-72-12-10-70-8-6-45-34(57)24-47-35(58)25-48-36(59)26-49-37(60)27-50-44(68)30(1-4-41(64)65)51-38(61)28-52-39(62)2-3-40(52)63/h2-3,30-32,42-43,53-55,66-67H,1,4-29H2,(H,45,57)(H,46,56)(H,47,58)(H,48,59)(H,49,60)(H,50,68)(H,51,61)(H,64,65)/t30-,31-,32+,42+,43+/m0/s1. The van der Waals surface area contributed by atoms with Crippen LogP contribution in [0.15, 0.2) is 12.2 Å². The van der Waals surface area contributed by atoms with Gasteiger partial charge in [-0.15, -0.1) is 0 Å². The van der Waals surface area contributed by atoms with Crippen LogP contribution in [-0.2, 0) is 85.8 Å². The second kappa shape index (κ2) is 43.2. The average molecular weight is 1100 g/mol. The van der Waals surface area contributed by atoms with Crippen LogP contribution in [0.3, 0.4) is 0 Å². The fraction of sp³-hybridized carbons (Fsp3) is 0.727. The summed E-state index contributed by atoms with van der Waals surface area (Å²) < 4.78 is 43.2. The number of rotatable bonds is 48. The number of carboxylic acid groups (broad SMARTS) is 1. The molecular formula is C44H74N8O24. The number of amides is 9. The molecule has 76 heavy (non-hydrogen) atoms. The number of aliphatic hydroxyl groups excluding tert-OH is 5. The van der Waals surface area contributed by atoms with Crippen molar-refractivity contribution in [3.8, 4) is 0 Å². The molecule has 434 valence electrons. The number of hydrogen-bond acceptors (Lipinski definition) is 23. The summed E-state index contributed by atoms with van der Waals surface area (Å²) >= 11 is 0. The lowest BCUT2D eigenvalue weighted by Crippen LogP contribution is -2.52. The van der Waals surface area contributed by atoms with Crippen LogP contribution >= 0.6 is 0 Å². The zero-order valence-corrected chi connectivity index (χ0v) is 42.1. The predicted octanol–water partition coefficient (Wildman–Crippen LogP) is -9.08. The van der Waals surface area contributed by atoms with E-state index in [4.69, 9.17) is 48.1 Å². The largest absolute Gasteiger partial charge is 0.481 e. The Hall–Kier alpha value is -5.88. The molecule has 1 aliphatic rings. The van der Waals surface area contributed by atoms with Crippen molar-refractivity contribution in [3.05, 3.63) is 12.2 Å². The number of ether oxygens (including phenoxy) is 8. The van der Waals surface area contributed by atoms with Gasteiger partial charge in [0.15, 0.2) is 0 Å². The SMILES string of the molecule is O=C(O)CC[C@H](NC(=O)CN1C(=O)C=CC1=O)C(=O)NCC(=O)NCC(=O)NCC(=O)NCC(=O)NCCOCCOCCOCCOCCOCCOCCOCCOCCC(=O)NC[C@H](O)[C@@H](O)[C@H](O)[C@H](O)CO. The van der Waals surface area contributed by atoms with Crippen molar-refractivity contribution >= 4 is 59.1 Å². The van der Waals surface area contributed by atoms with Crippen molar-refractivity contribution in [2.75, 3.05) is 158 Å². The molecule has 5 atom stereocenters. The number of hydrogen-bond donors (Lipinski definition) is 13. The van der Waals surface area contributed by atoms with E-state index >= 15 is 0 Å². The first-order valence-corrected chi connectivity index (χ1v) is 24.1. The van der Waals surface area contributed by atoms with Crippen molar-refractivity contribution in [2.24, 2.45) is 0 Å². The van der Waals surface area contributed by atoms with Gasteiger partial charge in [0.05, 0.1) is 145 Å². The Kier molecular flexibility index (Phi) is 38.8. The summed E-state index contributed by atoms with van der Waals surface area (Å²) in [7, 11) is 0. The van der Waals surface area contributed by atoms with E-state index in [0.717, 1.165) is 12.2 Å². The molecular weight excluding hydrogens is 1020 g/mol. The molecule has 0 bridgehead atoms. The molecule has 0 aromatic carbocycles. The van der Waals surface area contributed by atoms with E-state index in [9.17, 15) is 68.4 Å². The van der Waals surface area contributed by atoms with Gasteiger partial charge in [0, 0.05) is 38.1 Å². The molecule has 0 spiro atoms. The molecule has 0 unspecified atom stereocenters. The second-order valence-electron chi connectivity index (χ2n) is 15.8. The average Bonchev–Trinajstić information content (AvgIpc) is 3.71. The maximum absolute atomic E-state index is 12.6. The topological polar surface area (TPSA) is 453 Å². The van der Waals surface area contributed by atoms with Gasteiger partial charge < -0.3 is 106 Å². The van der Waals surface area contributed by atoms with Gasteiger partial charge in [0.25, 0.3) is 11.8 Å². The molecule has 13 N–H and O–H groups in total. The second-order valence-corrected chi connectivity index (χ2v) is 15.8. The fourth-order valence-corrected chi connectivity index (χ4v) is 5.64. The van der Waals surface area contributed by atoms with Crippen molar-refractivity contribution in [2.45, 2.75) is 49.7 Å². The Balaban J connectivity index is 1.90. The number of nitrogens with zero attached hydrogens (tertiary/aromatic N) is 1. The van der Waals surface area contributed by atoms with E-state index in [0.29, 0.717) is 71.0 Å². The molecule has 9 amide bonds. The third-order valence-corrected chi connectivity index (χ3v) is 9.74. The lowest BCUT2D eigenvalue weighted by molar-refractivity contribution is -0.141. The molecule has 0 aliphatic carbocycles. The maximum atomic E-state index is 12.6. The number of carboxylic acids is 1. The maximum Gasteiger partial charge on any atom is 0.303 e. The molecule has 0 aromatic heterocycles. The summed E-state index contributed by atoms with van der Waals surface area (Å²) in [4.78, 5) is 120. The zero-order valence-electron chi connectivity index (χ0n) is 42.1. The number of imide groups is 1. The molecule has 0 aromatic rings. The smallest absolute Gasteiger partial charge is 0.303 e. The van der Waals surface area contributed by atoms with Gasteiger partial charge in [-0.25, -0.2) is 0 Å². The first kappa shape index (κ1) is 68.1. The minimum atomic E-state index is -1.78. The number of aliphatic carboxylic acids is 1. The van der Waals surface area contributed by atoms with E-state index in [-0.39, 0.29) is 72.1 Å². The van der Waals surface area contributed by atoms with Crippen LogP contribution in [0.1, 0.15) is 19.3 Å². The molecule has 1 aliphatic heterocycles. The van der Waals surface area contributed by atoms with E-state index < -0.39 is 129 Å². The molecule has 1 heterocycles. The molecule has 0 radical (unpaired) electrons. The third kappa shape index (κ3) is 35.4. The first-order chi connectivity index (χ1) is 36.4. The van der Waals surface area contributed by atoms with Gasteiger partial charge >= 0.3 is 5.97 Å². The predicted molar refractivity (Wildman–Crippen MR) is 255 cm³/mol. The number of carbonyl (C=O) groups excluding carboxylic acids is 9. The summed E-state index contributed by atoms with van der Waals surface area (Å²) in [5, 5.41) is 72.3. The summed E-state index contributed by atoms with van der Waals surface area (Å²) in [6.07, 6.45) is -5.75. The first-order valence-electron chi connectivity index (χ1n) is 24.1. The number of carbonyl (C=O) groups is 10. The normalized spacial score (nSPS) is 14.0. The highest BCUT2D eigenvalue weighted by atomic mass is 16.6. The summed E-state index contributed by atoms with van der Waals surface area (Å²) in [6.45, 7) is 0.931. The van der Waals surface area contributed by atoms with Crippen LogP contribution < -0.4 is 37.2 Å². The monoisotopic (exact) mass is 1100 g/mol. The molecule has 0 saturated carbocycles. The fourth-order valence-electron chi connectivity index (χ4n) is 5.64. The lowest BCUT2D eigenvalue weighted by Gasteiger charge is -2.25. The van der Waals surface area contributed by atoms with Gasteiger partial charge in [-0.05, 0) is 6.42 Å². The quantitative estimate of drug-likeness (QED) is 0.0199. The summed E-state index contributed by atoms with van der Waals surface area (Å²) in [6, 6.07) is -1.44. The molecule has 0 fully saturated rings. The van der Waals surface area contributed by atoms with Gasteiger partial charge in [0.1, 0.15) is 30.9 Å². The highest BCUT2D eigenvalue weighted by molar-refractivity contribution is 6.14. The lowest BCUT2D eigenvalue weighted by atomic mass is 10.0. The van der Waals surface area contributed by atoms with E-state index in [2.05, 4.69) is 37.2 Å². The highest BCUT2D eigenvalue weighted by Gasteiger charge is 2.31. The van der Waals surface area contributed by atoms with Gasteiger partial charge in [-0.2, -0.15) is 0 Å². The van der Waals surface area contributed by atoms with Crippen molar-refractivity contribution in [3.63, 3.8) is 0 Å². The van der Waals surface area contributed by atoms with Gasteiger partial charge in [-0.3, -0.25) is 52.8 Å². The van der Waals surface area contributed by atoms with Gasteiger partial charge in [0.2, 0.25) is 41.4 Å². The Labute approximate surface area is 437 Å². The van der Waals surface area contributed by atoms with E-state index in [1.807, 2.05) is 0 Å². The van der Waals surface area contributed by atoms with Crippen LogP contribution in [-0.4, -0.2) is 283 Å². The Morgan fingerprint density at radius 3 is 1.26 bits per heavy atom. The van der Waals surface area contributed by atoms with E-state index in [1.54, 1.807) is 0 Å². The number of nitrogens with one attached hydrogen (secondary N) is 7. The highest BCUT2D eigenvalue weighted by Crippen LogP contribution is 2.06. The van der Waals surface area contributed by atoms with Crippen LogP contribution in [0.5, 0.6) is 0 Å². The minimum absolute atomic E-state index is 0.0170. The Morgan fingerprint density at radius 2 is 0.842 bits per heavy atom. The van der Waals surface area contributed by atoms with E-state index in [1.165, 1.54) is 0 Å². The van der Waals surface area contributed by atoms with Crippen LogP contribution in [0.4, 0.5) is 0 Å². The molecule has 0 saturated heterocycles. The summed E-state index contributed by atoms with van der Waals surface area (Å²) in [5.41, 5.74) is 0. The summed E-state index contributed by atoms with van der Waals surface area (Å²) in [5.74, 6) is -7.96.